The highest BCUT2D eigenvalue weighted by molar-refractivity contribution is 6.04. The molecule has 5 aromatic rings. The Balaban J connectivity index is 1.98. The molecule has 0 bridgehead atoms. The molecule has 2 heterocycles. The first-order valence-corrected chi connectivity index (χ1v) is 13.0. The first kappa shape index (κ1) is 24.3. The monoisotopic (exact) mass is 480 g/mol. The molecule has 0 radical (unpaired) electrons. The van der Waals surface area contributed by atoms with Crippen molar-refractivity contribution >= 4 is 43.6 Å². The van der Waals surface area contributed by atoms with Gasteiger partial charge in [-0.2, -0.15) is 0 Å². The fourth-order valence-electron chi connectivity index (χ4n) is 5.45. The molecular formula is C32H36N2O2. The number of hydrogen-bond acceptors (Lipinski definition) is 2. The highest BCUT2D eigenvalue weighted by Crippen LogP contribution is 2.31. The Kier molecular flexibility index (Phi) is 5.44. The number of benzene rings is 3. The van der Waals surface area contributed by atoms with Gasteiger partial charge in [0.05, 0.1) is 22.1 Å². The molecule has 0 saturated heterocycles. The molecule has 0 spiro atoms. The van der Waals surface area contributed by atoms with Crippen molar-refractivity contribution < 1.29 is 0 Å². The van der Waals surface area contributed by atoms with Gasteiger partial charge in [0.25, 0.3) is 0 Å². The fraction of sp³-hybridized carbons (Fsp3) is 0.375. The summed E-state index contributed by atoms with van der Waals surface area (Å²) in [6.45, 7) is 18.7. The van der Waals surface area contributed by atoms with Gasteiger partial charge in [-0.05, 0) is 72.2 Å². The number of aryl methyl sites for hydroxylation is 2. The van der Waals surface area contributed by atoms with Crippen LogP contribution < -0.4 is 10.9 Å². The summed E-state index contributed by atoms with van der Waals surface area (Å²) in [5.41, 5.74) is 5.84. The number of rotatable bonds is 2. The zero-order valence-corrected chi connectivity index (χ0v) is 22.7. The Morgan fingerprint density at radius 1 is 0.528 bits per heavy atom. The van der Waals surface area contributed by atoms with Gasteiger partial charge in [0.2, 0.25) is 0 Å². The van der Waals surface area contributed by atoms with Crippen molar-refractivity contribution in [3.8, 4) is 0 Å². The van der Waals surface area contributed by atoms with Crippen molar-refractivity contribution in [2.45, 2.75) is 79.3 Å². The van der Waals surface area contributed by atoms with Crippen LogP contribution >= 0.6 is 0 Å². The minimum absolute atomic E-state index is 0.0192. The number of nitrogens with zero attached hydrogens (tertiary/aromatic N) is 2. The maximum absolute atomic E-state index is 13.8. The third-order valence-electron chi connectivity index (χ3n) is 7.62. The topological polar surface area (TPSA) is 44.0 Å². The van der Waals surface area contributed by atoms with Gasteiger partial charge in [0.1, 0.15) is 0 Å². The van der Waals surface area contributed by atoms with Gasteiger partial charge in [-0.1, -0.05) is 53.7 Å². The van der Waals surface area contributed by atoms with Crippen molar-refractivity contribution in [3.05, 3.63) is 80.1 Å². The maximum atomic E-state index is 13.8. The van der Waals surface area contributed by atoms with Crippen LogP contribution in [0.25, 0.3) is 43.6 Å². The van der Waals surface area contributed by atoms with Gasteiger partial charge in [-0.15, -0.1) is 0 Å². The van der Waals surface area contributed by atoms with Crippen LogP contribution in [0.5, 0.6) is 0 Å². The SMILES string of the molecule is CCn1c2cc(C(C)(C)C)ccc2c(=O)c2cc3c(cc21)c(=O)c1ccc(C(C)(C)C)cc1n3CC. The van der Waals surface area contributed by atoms with Crippen LogP contribution in [0.3, 0.4) is 0 Å². The average molecular weight is 481 g/mol. The van der Waals surface area contributed by atoms with Crippen molar-refractivity contribution in [3.63, 3.8) is 0 Å². The number of fused-ring (bicyclic) bond motifs is 4. The summed E-state index contributed by atoms with van der Waals surface area (Å²) in [5, 5.41) is 2.76. The van der Waals surface area contributed by atoms with Crippen LogP contribution in [0.4, 0.5) is 0 Å². The van der Waals surface area contributed by atoms with E-state index in [0.717, 1.165) is 32.8 Å². The number of aromatic nitrogens is 2. The van der Waals surface area contributed by atoms with Gasteiger partial charge < -0.3 is 9.13 Å². The van der Waals surface area contributed by atoms with E-state index in [1.54, 1.807) is 0 Å². The van der Waals surface area contributed by atoms with Crippen LogP contribution in [0, 0.1) is 0 Å². The summed E-state index contributed by atoms with van der Waals surface area (Å²) in [5.74, 6) is 0. The summed E-state index contributed by atoms with van der Waals surface area (Å²) in [6, 6.07) is 16.3. The van der Waals surface area contributed by atoms with E-state index in [1.165, 1.54) is 11.1 Å². The Bertz CT molecular complexity index is 1670. The summed E-state index contributed by atoms with van der Waals surface area (Å²) in [7, 11) is 0. The molecule has 0 aliphatic carbocycles. The van der Waals surface area contributed by atoms with E-state index < -0.39 is 0 Å². The molecule has 0 aliphatic rings. The van der Waals surface area contributed by atoms with Gasteiger partial charge in [-0.3, -0.25) is 9.59 Å². The lowest BCUT2D eigenvalue weighted by molar-refractivity contribution is 0.590. The highest BCUT2D eigenvalue weighted by atomic mass is 16.1. The fourth-order valence-corrected chi connectivity index (χ4v) is 5.45. The van der Waals surface area contributed by atoms with Gasteiger partial charge in [-0.25, -0.2) is 0 Å². The van der Waals surface area contributed by atoms with Gasteiger partial charge >= 0.3 is 0 Å². The summed E-state index contributed by atoms with van der Waals surface area (Å²) in [4.78, 5) is 27.6. The predicted molar refractivity (Wildman–Crippen MR) is 154 cm³/mol. The smallest absolute Gasteiger partial charge is 0.197 e. The maximum Gasteiger partial charge on any atom is 0.197 e. The van der Waals surface area contributed by atoms with E-state index in [0.29, 0.717) is 23.9 Å². The minimum Gasteiger partial charge on any atom is -0.341 e. The van der Waals surface area contributed by atoms with E-state index in [9.17, 15) is 9.59 Å². The van der Waals surface area contributed by atoms with Crippen LogP contribution in [-0.4, -0.2) is 9.13 Å². The van der Waals surface area contributed by atoms with E-state index in [4.69, 9.17) is 0 Å². The standard InChI is InChI=1S/C32H36N2O2/c1-9-33-25-15-19(31(3,4)5)11-13-21(25)29(35)23-18-28-24(17-27(23)33)30(36)22-14-12-20(32(6,7)8)16-26(22)34(28)10-2/h11-18H,9-10H2,1-8H3. The minimum atomic E-state index is -0.0270. The first-order valence-electron chi connectivity index (χ1n) is 13.0. The summed E-state index contributed by atoms with van der Waals surface area (Å²) >= 11 is 0. The van der Waals surface area contributed by atoms with E-state index in [1.807, 2.05) is 24.3 Å². The molecule has 0 aliphatic heterocycles. The van der Waals surface area contributed by atoms with Crippen molar-refractivity contribution in [1.82, 2.24) is 9.13 Å². The highest BCUT2D eigenvalue weighted by Gasteiger charge is 2.20. The summed E-state index contributed by atoms with van der Waals surface area (Å²) < 4.78 is 4.37. The molecule has 5 rings (SSSR count). The first-order chi connectivity index (χ1) is 16.9. The van der Waals surface area contributed by atoms with Gasteiger partial charge in [0, 0.05) is 34.6 Å². The lowest BCUT2D eigenvalue weighted by Gasteiger charge is -2.22. The molecule has 0 unspecified atom stereocenters. The molecular weight excluding hydrogens is 444 g/mol. The van der Waals surface area contributed by atoms with Crippen LogP contribution in [0.1, 0.15) is 66.5 Å². The zero-order chi connectivity index (χ0) is 26.2. The second-order valence-electron chi connectivity index (χ2n) is 12.0. The normalized spacial score (nSPS) is 12.9. The zero-order valence-electron chi connectivity index (χ0n) is 22.7. The molecule has 0 atom stereocenters. The molecule has 0 fully saturated rings. The summed E-state index contributed by atoms with van der Waals surface area (Å²) in [6.07, 6.45) is 0. The average Bonchev–Trinajstić information content (AvgIpc) is 2.82. The van der Waals surface area contributed by atoms with Gasteiger partial charge in [0.15, 0.2) is 10.9 Å². The van der Waals surface area contributed by atoms with Crippen LogP contribution in [0.2, 0.25) is 0 Å². The molecule has 4 nitrogen and oxygen atoms in total. The van der Waals surface area contributed by atoms with Crippen LogP contribution in [-0.2, 0) is 23.9 Å². The molecule has 0 saturated carbocycles. The molecule has 2 aromatic heterocycles. The molecule has 3 aromatic carbocycles. The molecule has 0 N–H and O–H groups in total. The number of pyridine rings is 2. The van der Waals surface area contributed by atoms with Crippen molar-refractivity contribution in [2.24, 2.45) is 0 Å². The quantitative estimate of drug-likeness (QED) is 0.250. The second kappa shape index (κ2) is 8.06. The molecule has 36 heavy (non-hydrogen) atoms. The third-order valence-corrected chi connectivity index (χ3v) is 7.62. The third kappa shape index (κ3) is 3.57. The lowest BCUT2D eigenvalue weighted by Crippen LogP contribution is -2.17. The predicted octanol–water partition coefficient (Wildman–Crippen LogP) is 7.26. The number of hydrogen-bond donors (Lipinski definition) is 0. The molecule has 4 heteroatoms. The largest absolute Gasteiger partial charge is 0.341 e. The Morgan fingerprint density at radius 3 is 1.17 bits per heavy atom. The van der Waals surface area contributed by atoms with Crippen molar-refractivity contribution in [2.75, 3.05) is 0 Å². The Hall–Kier alpha value is -3.40. The van der Waals surface area contributed by atoms with Crippen LogP contribution in [0.15, 0.2) is 58.1 Å². The Labute approximate surface area is 212 Å². The van der Waals surface area contributed by atoms with E-state index >= 15 is 0 Å². The second-order valence-corrected chi connectivity index (χ2v) is 12.0. The molecule has 186 valence electrons. The van der Waals surface area contributed by atoms with E-state index in [-0.39, 0.29) is 21.7 Å². The lowest BCUT2D eigenvalue weighted by atomic mass is 9.86. The molecule has 0 amide bonds. The van der Waals surface area contributed by atoms with E-state index in [2.05, 4.69) is 88.8 Å². The van der Waals surface area contributed by atoms with Crippen molar-refractivity contribution in [1.29, 1.82) is 0 Å². The Morgan fingerprint density at radius 2 is 0.861 bits per heavy atom.